The van der Waals surface area contributed by atoms with E-state index in [1.165, 1.54) is 7.11 Å². The van der Waals surface area contributed by atoms with Gasteiger partial charge < -0.3 is 10.5 Å². The molecule has 1 rings (SSSR count). The van der Waals surface area contributed by atoms with Crippen LogP contribution in [0.15, 0.2) is 12.1 Å². The third-order valence-electron chi connectivity index (χ3n) is 2.44. The Labute approximate surface area is 109 Å². The van der Waals surface area contributed by atoms with Crippen molar-refractivity contribution in [3.8, 4) is 11.5 Å². The zero-order valence-corrected chi connectivity index (χ0v) is 12.5. The van der Waals surface area contributed by atoms with Gasteiger partial charge in [0.1, 0.15) is 8.07 Å². The minimum atomic E-state index is -1.45. The van der Waals surface area contributed by atoms with E-state index in [9.17, 15) is 4.79 Å². The molecule has 96 valence electrons. The summed E-state index contributed by atoms with van der Waals surface area (Å²) in [6.07, 6.45) is 0. The van der Waals surface area contributed by atoms with Crippen LogP contribution in [0.3, 0.4) is 0 Å². The fourth-order valence-electron chi connectivity index (χ4n) is 1.36. The van der Waals surface area contributed by atoms with Crippen LogP contribution in [0, 0.1) is 18.4 Å². The molecule has 4 heteroatoms. The summed E-state index contributed by atoms with van der Waals surface area (Å²) >= 11 is 0. The Hall–Kier alpha value is -1.73. The van der Waals surface area contributed by atoms with E-state index in [4.69, 9.17) is 10.5 Å². The normalized spacial score (nSPS) is 10.5. The molecule has 0 spiro atoms. The van der Waals surface area contributed by atoms with Gasteiger partial charge in [-0.05, 0) is 24.6 Å². The zero-order chi connectivity index (χ0) is 13.9. The predicted octanol–water partition coefficient (Wildman–Crippen LogP) is 2.59. The predicted molar refractivity (Wildman–Crippen MR) is 77.2 cm³/mol. The van der Waals surface area contributed by atoms with Crippen molar-refractivity contribution < 1.29 is 9.53 Å². The van der Waals surface area contributed by atoms with E-state index >= 15 is 0 Å². The maximum Gasteiger partial charge on any atom is 0.337 e. The fraction of sp³-hybridized carbons (Fsp3) is 0.357. The monoisotopic (exact) mass is 261 g/mol. The van der Waals surface area contributed by atoms with Crippen LogP contribution in [-0.4, -0.2) is 21.2 Å². The van der Waals surface area contributed by atoms with Gasteiger partial charge in [-0.1, -0.05) is 25.6 Å². The minimum Gasteiger partial charge on any atom is -0.465 e. The van der Waals surface area contributed by atoms with Crippen molar-refractivity contribution in [1.29, 1.82) is 0 Å². The first kappa shape index (κ1) is 14.3. The van der Waals surface area contributed by atoms with Gasteiger partial charge in [0.25, 0.3) is 0 Å². The number of rotatable bonds is 1. The smallest absolute Gasteiger partial charge is 0.337 e. The Morgan fingerprint density at radius 3 is 2.44 bits per heavy atom. The molecular formula is C14H19NO2Si. The Morgan fingerprint density at radius 2 is 1.94 bits per heavy atom. The quantitative estimate of drug-likeness (QED) is 0.366. The first-order chi connectivity index (χ1) is 8.24. The Kier molecular flexibility index (Phi) is 4.20. The lowest BCUT2D eigenvalue weighted by Crippen LogP contribution is -2.16. The number of nitrogen functional groups attached to an aromatic ring is 1. The van der Waals surface area contributed by atoms with Crippen LogP contribution in [0.1, 0.15) is 21.5 Å². The highest BCUT2D eigenvalue weighted by molar-refractivity contribution is 6.83. The number of ether oxygens (including phenoxy) is 1. The lowest BCUT2D eigenvalue weighted by molar-refractivity contribution is 0.0600. The van der Waals surface area contributed by atoms with Gasteiger partial charge in [0.2, 0.25) is 0 Å². The lowest BCUT2D eigenvalue weighted by Gasteiger charge is -2.08. The summed E-state index contributed by atoms with van der Waals surface area (Å²) in [6.45, 7) is 8.42. The highest BCUT2D eigenvalue weighted by Gasteiger charge is 2.11. The Morgan fingerprint density at radius 1 is 1.33 bits per heavy atom. The maximum atomic E-state index is 11.5. The van der Waals surface area contributed by atoms with Crippen molar-refractivity contribution in [2.24, 2.45) is 0 Å². The number of esters is 1. The second-order valence-electron chi connectivity index (χ2n) is 5.23. The molecule has 0 amide bonds. The number of anilines is 1. The third kappa shape index (κ3) is 3.64. The van der Waals surface area contributed by atoms with Gasteiger partial charge in [0.15, 0.2) is 0 Å². The molecule has 0 bridgehead atoms. The summed E-state index contributed by atoms with van der Waals surface area (Å²) in [5.74, 6) is 2.75. The summed E-state index contributed by atoms with van der Waals surface area (Å²) in [6, 6.07) is 3.37. The van der Waals surface area contributed by atoms with Gasteiger partial charge in [-0.2, -0.15) is 0 Å². The first-order valence-corrected chi connectivity index (χ1v) is 9.26. The molecule has 0 saturated carbocycles. The van der Waals surface area contributed by atoms with Crippen LogP contribution in [0.4, 0.5) is 5.69 Å². The molecule has 0 radical (unpaired) electrons. The second kappa shape index (κ2) is 5.28. The van der Waals surface area contributed by atoms with E-state index in [1.807, 2.05) is 6.92 Å². The molecule has 0 aliphatic rings. The van der Waals surface area contributed by atoms with E-state index < -0.39 is 14.0 Å². The van der Waals surface area contributed by atoms with Crippen LogP contribution in [0.2, 0.25) is 19.6 Å². The average molecular weight is 261 g/mol. The molecule has 0 fully saturated rings. The van der Waals surface area contributed by atoms with Crippen molar-refractivity contribution in [2.75, 3.05) is 12.8 Å². The fourth-order valence-corrected chi connectivity index (χ4v) is 1.87. The topological polar surface area (TPSA) is 52.3 Å². The Bertz CT molecular complexity index is 533. The largest absolute Gasteiger partial charge is 0.465 e. The molecule has 1 aromatic carbocycles. The number of hydrogen-bond donors (Lipinski definition) is 1. The molecule has 3 nitrogen and oxygen atoms in total. The molecule has 0 unspecified atom stereocenters. The van der Waals surface area contributed by atoms with Crippen molar-refractivity contribution in [1.82, 2.24) is 0 Å². The molecule has 0 aliphatic carbocycles. The molecule has 2 N–H and O–H groups in total. The van der Waals surface area contributed by atoms with E-state index in [0.29, 0.717) is 11.3 Å². The highest BCUT2D eigenvalue weighted by Crippen LogP contribution is 2.19. The molecule has 0 atom stereocenters. The van der Waals surface area contributed by atoms with Gasteiger partial charge in [0, 0.05) is 11.3 Å². The number of methoxy groups -OCH3 is 1. The average Bonchev–Trinajstić information content (AvgIpc) is 2.28. The summed E-state index contributed by atoms with van der Waals surface area (Å²) in [7, 11) is -0.0983. The second-order valence-corrected chi connectivity index (χ2v) is 9.98. The molecule has 0 heterocycles. The number of carbonyl (C=O) groups is 1. The number of benzene rings is 1. The highest BCUT2D eigenvalue weighted by atomic mass is 28.3. The van der Waals surface area contributed by atoms with Crippen LogP contribution in [-0.2, 0) is 4.74 Å². The van der Waals surface area contributed by atoms with Crippen molar-refractivity contribution in [3.05, 3.63) is 28.8 Å². The van der Waals surface area contributed by atoms with Gasteiger partial charge in [-0.25, -0.2) is 4.79 Å². The summed E-state index contributed by atoms with van der Waals surface area (Å²) in [5, 5.41) is 0. The zero-order valence-electron chi connectivity index (χ0n) is 11.5. The van der Waals surface area contributed by atoms with E-state index in [2.05, 4.69) is 31.1 Å². The molecule has 18 heavy (non-hydrogen) atoms. The van der Waals surface area contributed by atoms with Gasteiger partial charge >= 0.3 is 5.97 Å². The van der Waals surface area contributed by atoms with Crippen LogP contribution in [0.5, 0.6) is 0 Å². The number of carbonyl (C=O) groups excluding carboxylic acids is 1. The standard InChI is InChI=1S/C14H19NO2Si/c1-10-11(6-7-18(3,4)5)8-12(9-13(10)15)14(16)17-2/h8-9H,15H2,1-5H3. The summed E-state index contributed by atoms with van der Waals surface area (Å²) in [4.78, 5) is 11.5. The van der Waals surface area contributed by atoms with Crippen LogP contribution >= 0.6 is 0 Å². The molecule has 0 aromatic heterocycles. The van der Waals surface area contributed by atoms with Crippen LogP contribution < -0.4 is 5.73 Å². The van der Waals surface area contributed by atoms with Crippen LogP contribution in [0.25, 0.3) is 0 Å². The number of nitrogens with two attached hydrogens (primary N) is 1. The molecule has 1 aromatic rings. The van der Waals surface area contributed by atoms with Crippen molar-refractivity contribution >= 4 is 19.7 Å². The molecule has 0 saturated heterocycles. The first-order valence-electron chi connectivity index (χ1n) is 5.76. The summed E-state index contributed by atoms with van der Waals surface area (Å²) in [5.41, 5.74) is 11.9. The Balaban J connectivity index is 3.30. The summed E-state index contributed by atoms with van der Waals surface area (Å²) < 4.78 is 4.70. The lowest BCUT2D eigenvalue weighted by atomic mass is 10.0. The third-order valence-corrected chi connectivity index (χ3v) is 3.32. The van der Waals surface area contributed by atoms with Crippen molar-refractivity contribution in [2.45, 2.75) is 26.6 Å². The van der Waals surface area contributed by atoms with E-state index in [1.54, 1.807) is 12.1 Å². The SMILES string of the molecule is COC(=O)c1cc(N)c(C)c(C#C[Si](C)(C)C)c1. The van der Waals surface area contributed by atoms with Crippen molar-refractivity contribution in [3.63, 3.8) is 0 Å². The van der Waals surface area contributed by atoms with E-state index in [-0.39, 0.29) is 0 Å². The van der Waals surface area contributed by atoms with Gasteiger partial charge in [0.05, 0.1) is 12.7 Å². The number of hydrogen-bond acceptors (Lipinski definition) is 3. The van der Waals surface area contributed by atoms with E-state index in [0.717, 1.165) is 11.1 Å². The molecule has 0 aliphatic heterocycles. The van der Waals surface area contributed by atoms with Gasteiger partial charge in [-0.15, -0.1) is 5.54 Å². The minimum absolute atomic E-state index is 0.391. The maximum absolute atomic E-state index is 11.5. The van der Waals surface area contributed by atoms with Gasteiger partial charge in [-0.3, -0.25) is 0 Å². The molecular weight excluding hydrogens is 242 g/mol.